The number of amides is 3. The number of rotatable bonds is 10. The maximum atomic E-state index is 12.7. The molecule has 3 amide bonds. The van der Waals surface area contributed by atoms with E-state index in [2.05, 4.69) is 10.6 Å². The number of anilines is 2. The van der Waals surface area contributed by atoms with Gasteiger partial charge in [-0.05, 0) is 60.5 Å². The largest absolute Gasteiger partial charge is 0.495 e. The molecule has 3 aromatic carbocycles. The highest BCUT2D eigenvalue weighted by Crippen LogP contribution is 2.26. The summed E-state index contributed by atoms with van der Waals surface area (Å²) in [5.41, 5.74) is 3.05. The molecular weight excluding hydrogens is 462 g/mol. The summed E-state index contributed by atoms with van der Waals surface area (Å²) in [6.07, 6.45) is 0.149. The summed E-state index contributed by atoms with van der Waals surface area (Å²) >= 11 is 0. The van der Waals surface area contributed by atoms with Gasteiger partial charge in [0.1, 0.15) is 18.1 Å². The third kappa shape index (κ3) is 7.23. The molecule has 0 fully saturated rings. The molecule has 3 aromatic rings. The Hall–Kier alpha value is -4.53. The van der Waals surface area contributed by atoms with E-state index in [1.54, 1.807) is 42.3 Å². The van der Waals surface area contributed by atoms with Crippen molar-refractivity contribution in [2.24, 2.45) is 0 Å². The predicted molar refractivity (Wildman–Crippen MR) is 137 cm³/mol. The molecule has 9 heteroatoms. The first-order valence-electron chi connectivity index (χ1n) is 11.3. The van der Waals surface area contributed by atoms with Gasteiger partial charge in [0, 0.05) is 12.7 Å². The number of para-hydroxylation sites is 1. The van der Waals surface area contributed by atoms with Gasteiger partial charge < -0.3 is 30.1 Å². The lowest BCUT2D eigenvalue weighted by Gasteiger charge is -2.18. The lowest BCUT2D eigenvalue weighted by Crippen LogP contribution is -2.32. The Bertz CT molecular complexity index is 1230. The Balaban J connectivity index is 1.52. The van der Waals surface area contributed by atoms with Crippen molar-refractivity contribution in [3.63, 3.8) is 0 Å². The Morgan fingerprint density at radius 2 is 1.64 bits per heavy atom. The second-order valence-corrected chi connectivity index (χ2v) is 8.10. The second kappa shape index (κ2) is 12.3. The van der Waals surface area contributed by atoms with Gasteiger partial charge in [0.05, 0.1) is 31.3 Å². The van der Waals surface area contributed by atoms with Crippen LogP contribution in [0.4, 0.5) is 16.2 Å². The number of aromatic carboxylic acids is 1. The van der Waals surface area contributed by atoms with Crippen molar-refractivity contribution in [2.45, 2.75) is 13.3 Å². The van der Waals surface area contributed by atoms with Crippen molar-refractivity contribution in [2.75, 3.05) is 37.9 Å². The van der Waals surface area contributed by atoms with E-state index in [1.807, 2.05) is 31.2 Å². The first-order valence-corrected chi connectivity index (χ1v) is 11.3. The van der Waals surface area contributed by atoms with Crippen LogP contribution in [0, 0.1) is 6.92 Å². The molecule has 0 aliphatic rings. The molecule has 0 atom stereocenters. The number of carboxylic acids is 1. The van der Waals surface area contributed by atoms with Crippen LogP contribution in [0.2, 0.25) is 0 Å². The van der Waals surface area contributed by atoms with Gasteiger partial charge in [0.25, 0.3) is 0 Å². The number of nitrogens with one attached hydrogen (secondary N) is 2. The average Bonchev–Trinajstić information content (AvgIpc) is 2.86. The fraction of sp³-hybridized carbons (Fsp3) is 0.222. The molecule has 0 saturated carbocycles. The zero-order chi connectivity index (χ0) is 26.1. The molecule has 188 valence electrons. The summed E-state index contributed by atoms with van der Waals surface area (Å²) in [5, 5.41) is 14.5. The molecule has 0 saturated heterocycles. The van der Waals surface area contributed by atoms with Crippen LogP contribution in [0.3, 0.4) is 0 Å². The van der Waals surface area contributed by atoms with E-state index < -0.39 is 12.0 Å². The maximum absolute atomic E-state index is 12.7. The van der Waals surface area contributed by atoms with Crippen LogP contribution in [0.1, 0.15) is 21.5 Å². The van der Waals surface area contributed by atoms with Crippen molar-refractivity contribution in [1.29, 1.82) is 0 Å². The fourth-order valence-corrected chi connectivity index (χ4v) is 3.37. The molecule has 0 aromatic heterocycles. The van der Waals surface area contributed by atoms with Crippen LogP contribution < -0.4 is 20.1 Å². The first kappa shape index (κ1) is 26.1. The van der Waals surface area contributed by atoms with Crippen LogP contribution in [0.5, 0.6) is 11.5 Å². The third-order valence-corrected chi connectivity index (χ3v) is 5.49. The van der Waals surface area contributed by atoms with Gasteiger partial charge in [-0.25, -0.2) is 9.59 Å². The Kier molecular flexibility index (Phi) is 8.88. The molecule has 0 aliphatic carbocycles. The van der Waals surface area contributed by atoms with Gasteiger partial charge in [-0.3, -0.25) is 4.79 Å². The van der Waals surface area contributed by atoms with E-state index in [-0.39, 0.29) is 24.5 Å². The van der Waals surface area contributed by atoms with Gasteiger partial charge in [-0.2, -0.15) is 0 Å². The molecule has 0 unspecified atom stereocenters. The Morgan fingerprint density at radius 3 is 2.31 bits per heavy atom. The van der Waals surface area contributed by atoms with Crippen LogP contribution in [0.15, 0.2) is 66.7 Å². The van der Waals surface area contributed by atoms with Gasteiger partial charge in [0.15, 0.2) is 0 Å². The molecule has 3 N–H and O–H groups in total. The SMILES string of the molecule is COc1cc(CC(=O)N(C)CCOc2ccc(C(=O)O)cc2)ccc1NC(=O)Nc1ccccc1C. The normalized spacial score (nSPS) is 10.3. The van der Waals surface area contributed by atoms with E-state index in [1.165, 1.54) is 19.2 Å². The van der Waals surface area contributed by atoms with Crippen LogP contribution in [0.25, 0.3) is 0 Å². The summed E-state index contributed by atoms with van der Waals surface area (Å²) in [4.78, 5) is 37.6. The minimum atomic E-state index is -1.00. The molecule has 0 bridgehead atoms. The van der Waals surface area contributed by atoms with Crippen LogP contribution >= 0.6 is 0 Å². The topological polar surface area (TPSA) is 117 Å². The summed E-state index contributed by atoms with van der Waals surface area (Å²) in [6.45, 7) is 2.52. The Labute approximate surface area is 209 Å². The highest BCUT2D eigenvalue weighted by atomic mass is 16.5. The van der Waals surface area contributed by atoms with E-state index in [9.17, 15) is 14.4 Å². The highest BCUT2D eigenvalue weighted by molar-refractivity contribution is 6.01. The first-order chi connectivity index (χ1) is 17.3. The Morgan fingerprint density at radius 1 is 0.944 bits per heavy atom. The molecule has 0 spiro atoms. The fourth-order valence-electron chi connectivity index (χ4n) is 3.37. The number of ether oxygens (including phenoxy) is 2. The average molecular weight is 492 g/mol. The van der Waals surface area contributed by atoms with Crippen molar-refractivity contribution in [1.82, 2.24) is 4.90 Å². The number of aryl methyl sites for hydroxylation is 1. The number of hydrogen-bond donors (Lipinski definition) is 3. The van der Waals surface area contributed by atoms with Crippen molar-refractivity contribution < 1.29 is 29.0 Å². The number of hydrogen-bond acceptors (Lipinski definition) is 5. The number of methoxy groups -OCH3 is 1. The number of nitrogens with zero attached hydrogens (tertiary/aromatic N) is 1. The van der Waals surface area contributed by atoms with Gasteiger partial charge in [0.2, 0.25) is 5.91 Å². The molecule has 0 radical (unpaired) electrons. The monoisotopic (exact) mass is 491 g/mol. The van der Waals surface area contributed by atoms with E-state index in [4.69, 9.17) is 14.6 Å². The lowest BCUT2D eigenvalue weighted by atomic mass is 10.1. The number of carbonyl (C=O) groups excluding carboxylic acids is 2. The van der Waals surface area contributed by atoms with E-state index in [0.717, 1.165) is 11.1 Å². The van der Waals surface area contributed by atoms with Crippen molar-refractivity contribution >= 4 is 29.3 Å². The number of carboxylic acid groups (broad SMARTS) is 1. The summed E-state index contributed by atoms with van der Waals surface area (Å²) in [5.74, 6) is -0.145. The minimum absolute atomic E-state index is 0.111. The van der Waals surface area contributed by atoms with Gasteiger partial charge in [-0.15, -0.1) is 0 Å². The van der Waals surface area contributed by atoms with Crippen molar-refractivity contribution in [3.8, 4) is 11.5 Å². The molecular formula is C27H29N3O6. The number of benzene rings is 3. The number of urea groups is 1. The van der Waals surface area contributed by atoms with Gasteiger partial charge >= 0.3 is 12.0 Å². The van der Waals surface area contributed by atoms with E-state index >= 15 is 0 Å². The zero-order valence-electron chi connectivity index (χ0n) is 20.4. The third-order valence-electron chi connectivity index (χ3n) is 5.49. The highest BCUT2D eigenvalue weighted by Gasteiger charge is 2.14. The molecule has 3 rings (SSSR count). The maximum Gasteiger partial charge on any atom is 0.335 e. The number of carbonyl (C=O) groups is 3. The standard InChI is InChI=1S/C27H29N3O6/c1-18-6-4-5-7-22(18)28-27(34)29-23-13-8-19(16-24(23)35-3)17-25(31)30(2)14-15-36-21-11-9-20(10-12-21)26(32)33/h4-13,16H,14-15,17H2,1-3H3,(H,32,33)(H2,28,29,34). The smallest absolute Gasteiger partial charge is 0.335 e. The van der Waals surface area contributed by atoms with Crippen LogP contribution in [-0.4, -0.2) is 55.2 Å². The van der Waals surface area contributed by atoms with Crippen LogP contribution in [-0.2, 0) is 11.2 Å². The van der Waals surface area contributed by atoms with Gasteiger partial charge in [-0.1, -0.05) is 24.3 Å². The summed E-state index contributed by atoms with van der Waals surface area (Å²) in [7, 11) is 3.18. The van der Waals surface area contributed by atoms with Crippen molar-refractivity contribution in [3.05, 3.63) is 83.4 Å². The molecule has 36 heavy (non-hydrogen) atoms. The lowest BCUT2D eigenvalue weighted by molar-refractivity contribution is -0.129. The molecule has 0 heterocycles. The zero-order valence-corrected chi connectivity index (χ0v) is 20.4. The molecule has 0 aliphatic heterocycles. The predicted octanol–water partition coefficient (Wildman–Crippen LogP) is 4.43. The quantitative estimate of drug-likeness (QED) is 0.386. The second-order valence-electron chi connectivity index (χ2n) is 8.10. The summed E-state index contributed by atoms with van der Waals surface area (Å²) in [6, 6.07) is 18.3. The number of likely N-dealkylation sites (N-methyl/N-ethyl adjacent to an activating group) is 1. The van der Waals surface area contributed by atoms with E-state index in [0.29, 0.717) is 29.4 Å². The summed E-state index contributed by atoms with van der Waals surface area (Å²) < 4.78 is 11.0. The minimum Gasteiger partial charge on any atom is -0.495 e. The molecule has 9 nitrogen and oxygen atoms in total.